The van der Waals surface area contributed by atoms with Crippen LogP contribution in [-0.4, -0.2) is 27.0 Å². The third kappa shape index (κ3) is 2.07. The third-order valence-corrected chi connectivity index (χ3v) is 3.85. The van der Waals surface area contributed by atoms with Crippen LogP contribution >= 0.6 is 0 Å². The number of oxazole rings is 1. The molecule has 2 amide bonds. The molecule has 0 bridgehead atoms. The number of anilines is 1. The monoisotopic (exact) mass is 274 g/mol. The van der Waals surface area contributed by atoms with Gasteiger partial charge in [-0.2, -0.15) is 4.98 Å². The Kier molecular flexibility index (Phi) is 3.00. The number of nitrogens with one attached hydrogen (secondary N) is 1. The van der Waals surface area contributed by atoms with Crippen LogP contribution in [0.25, 0.3) is 0 Å². The quantitative estimate of drug-likeness (QED) is 0.869. The Hall–Kier alpha value is -2.24. The van der Waals surface area contributed by atoms with Crippen molar-refractivity contribution in [1.82, 2.24) is 14.5 Å². The van der Waals surface area contributed by atoms with Gasteiger partial charge in [-0.25, -0.2) is 4.79 Å². The summed E-state index contributed by atoms with van der Waals surface area (Å²) >= 11 is 0. The topological polar surface area (TPSA) is 63.3 Å². The standard InChI is InChI=1S/C14H18N4O2/c1-9-11(3)20-13(15-9)16-14(19)18-8-7-17-6-4-5-12(17)10(18)2/h4-6,10H,7-8H2,1-3H3,(H,15,16,19)/t10-/m1/s1. The lowest BCUT2D eigenvalue weighted by molar-refractivity contribution is 0.174. The minimum Gasteiger partial charge on any atom is -0.428 e. The van der Waals surface area contributed by atoms with Gasteiger partial charge in [0.05, 0.1) is 11.7 Å². The average molecular weight is 274 g/mol. The maximum absolute atomic E-state index is 12.3. The van der Waals surface area contributed by atoms with Gasteiger partial charge < -0.3 is 13.9 Å². The van der Waals surface area contributed by atoms with Crippen LogP contribution in [0.5, 0.6) is 0 Å². The molecule has 6 nitrogen and oxygen atoms in total. The highest BCUT2D eigenvalue weighted by Gasteiger charge is 2.28. The first-order valence-electron chi connectivity index (χ1n) is 6.73. The van der Waals surface area contributed by atoms with Gasteiger partial charge in [0, 0.05) is 25.0 Å². The molecule has 0 aromatic carbocycles. The van der Waals surface area contributed by atoms with Crippen molar-refractivity contribution < 1.29 is 9.21 Å². The van der Waals surface area contributed by atoms with E-state index in [4.69, 9.17) is 4.42 Å². The van der Waals surface area contributed by atoms with Gasteiger partial charge in [0.25, 0.3) is 0 Å². The van der Waals surface area contributed by atoms with Gasteiger partial charge in [-0.1, -0.05) is 0 Å². The van der Waals surface area contributed by atoms with Gasteiger partial charge in [-0.05, 0) is 32.9 Å². The average Bonchev–Trinajstić information content (AvgIpc) is 2.98. The molecule has 0 aliphatic carbocycles. The van der Waals surface area contributed by atoms with E-state index in [1.54, 1.807) is 4.90 Å². The van der Waals surface area contributed by atoms with Crippen molar-refractivity contribution in [2.45, 2.75) is 33.4 Å². The molecule has 3 heterocycles. The number of carbonyl (C=O) groups excluding carboxylic acids is 1. The molecule has 2 aromatic heterocycles. The second-order valence-corrected chi connectivity index (χ2v) is 5.09. The Morgan fingerprint density at radius 3 is 2.95 bits per heavy atom. The van der Waals surface area contributed by atoms with Crippen LogP contribution in [0.3, 0.4) is 0 Å². The second-order valence-electron chi connectivity index (χ2n) is 5.09. The molecule has 1 N–H and O–H groups in total. The number of rotatable bonds is 1. The number of carbonyl (C=O) groups is 1. The Morgan fingerprint density at radius 1 is 1.45 bits per heavy atom. The fourth-order valence-electron chi connectivity index (χ4n) is 2.55. The Balaban J connectivity index is 1.75. The molecule has 0 spiro atoms. The SMILES string of the molecule is Cc1nc(NC(=O)N2CCn3cccc3[C@H]2C)oc1C. The van der Waals surface area contributed by atoms with Crippen LogP contribution in [0.2, 0.25) is 0 Å². The van der Waals surface area contributed by atoms with Gasteiger partial charge in [-0.15, -0.1) is 0 Å². The largest absolute Gasteiger partial charge is 0.428 e. The summed E-state index contributed by atoms with van der Waals surface area (Å²) in [7, 11) is 0. The molecule has 0 unspecified atom stereocenters. The maximum Gasteiger partial charge on any atom is 0.326 e. The van der Waals surface area contributed by atoms with Gasteiger partial charge in [0.1, 0.15) is 5.76 Å². The molecule has 6 heteroatoms. The minimum absolute atomic E-state index is 0.0379. The number of fused-ring (bicyclic) bond motifs is 1. The zero-order chi connectivity index (χ0) is 14.3. The van der Waals surface area contributed by atoms with E-state index in [2.05, 4.69) is 14.9 Å². The molecule has 1 aliphatic heterocycles. The van der Waals surface area contributed by atoms with Crippen LogP contribution in [0.15, 0.2) is 22.7 Å². The Bertz CT molecular complexity index is 624. The first-order valence-corrected chi connectivity index (χ1v) is 6.73. The predicted molar refractivity (Wildman–Crippen MR) is 74.5 cm³/mol. The molecule has 0 saturated carbocycles. The lowest BCUT2D eigenvalue weighted by Gasteiger charge is -2.34. The minimum atomic E-state index is -0.175. The first-order chi connectivity index (χ1) is 9.56. The first kappa shape index (κ1) is 12.8. The molecule has 106 valence electrons. The third-order valence-electron chi connectivity index (χ3n) is 3.85. The molecule has 0 radical (unpaired) electrons. The fourth-order valence-corrected chi connectivity index (χ4v) is 2.55. The fraction of sp³-hybridized carbons (Fsp3) is 0.429. The summed E-state index contributed by atoms with van der Waals surface area (Å²) in [4.78, 5) is 18.3. The van der Waals surface area contributed by atoms with Crippen LogP contribution in [-0.2, 0) is 6.54 Å². The summed E-state index contributed by atoms with van der Waals surface area (Å²) in [5.41, 5.74) is 1.94. The van der Waals surface area contributed by atoms with Gasteiger partial charge in [0.2, 0.25) is 0 Å². The number of nitrogens with zero attached hydrogens (tertiary/aromatic N) is 3. The van der Waals surface area contributed by atoms with E-state index in [9.17, 15) is 4.79 Å². The molecule has 0 fully saturated rings. The van der Waals surface area contributed by atoms with Crippen molar-refractivity contribution in [2.75, 3.05) is 11.9 Å². The summed E-state index contributed by atoms with van der Waals surface area (Å²) in [6, 6.07) is 4.18. The second kappa shape index (κ2) is 4.70. The number of aromatic nitrogens is 2. The van der Waals surface area contributed by atoms with Crippen molar-refractivity contribution in [3.05, 3.63) is 35.5 Å². The molecule has 3 rings (SSSR count). The smallest absolute Gasteiger partial charge is 0.326 e. The number of hydrogen-bond donors (Lipinski definition) is 1. The molecular formula is C14H18N4O2. The van der Waals surface area contributed by atoms with E-state index in [0.717, 1.165) is 23.7 Å². The highest BCUT2D eigenvalue weighted by molar-refractivity contribution is 5.87. The van der Waals surface area contributed by atoms with Crippen molar-refractivity contribution in [3.63, 3.8) is 0 Å². The molecule has 20 heavy (non-hydrogen) atoms. The van der Waals surface area contributed by atoms with Gasteiger partial charge in [-0.3, -0.25) is 5.32 Å². The lowest BCUT2D eigenvalue weighted by Crippen LogP contribution is -2.43. The summed E-state index contributed by atoms with van der Waals surface area (Å²) in [5, 5.41) is 2.73. The zero-order valence-corrected chi connectivity index (χ0v) is 11.9. The summed E-state index contributed by atoms with van der Waals surface area (Å²) < 4.78 is 7.57. The van der Waals surface area contributed by atoms with E-state index in [1.807, 2.05) is 39.1 Å². The molecule has 1 aliphatic rings. The van der Waals surface area contributed by atoms with Gasteiger partial charge in [0.15, 0.2) is 0 Å². The van der Waals surface area contributed by atoms with Crippen molar-refractivity contribution in [1.29, 1.82) is 0 Å². The summed E-state index contributed by atoms with van der Waals surface area (Å²) in [6.07, 6.45) is 2.04. The van der Waals surface area contributed by atoms with Crippen molar-refractivity contribution in [2.24, 2.45) is 0 Å². The van der Waals surface area contributed by atoms with Crippen LogP contribution in [0, 0.1) is 13.8 Å². The van der Waals surface area contributed by atoms with Crippen LogP contribution < -0.4 is 5.32 Å². The van der Waals surface area contributed by atoms with Crippen molar-refractivity contribution >= 4 is 12.0 Å². The Labute approximate surface area is 117 Å². The molecule has 1 atom stereocenters. The number of aryl methyl sites for hydroxylation is 2. The summed E-state index contributed by atoms with van der Waals surface area (Å²) in [6.45, 7) is 7.19. The van der Waals surface area contributed by atoms with E-state index < -0.39 is 0 Å². The van der Waals surface area contributed by atoms with E-state index in [0.29, 0.717) is 6.54 Å². The summed E-state index contributed by atoms with van der Waals surface area (Å²) in [5.74, 6) is 0.723. The normalized spacial score (nSPS) is 17.9. The Morgan fingerprint density at radius 2 is 2.25 bits per heavy atom. The molecular weight excluding hydrogens is 256 g/mol. The van der Waals surface area contributed by atoms with Gasteiger partial charge >= 0.3 is 12.0 Å². The molecule has 0 saturated heterocycles. The number of hydrogen-bond acceptors (Lipinski definition) is 3. The maximum atomic E-state index is 12.3. The zero-order valence-electron chi connectivity index (χ0n) is 11.9. The molecule has 2 aromatic rings. The van der Waals surface area contributed by atoms with E-state index >= 15 is 0 Å². The number of amides is 2. The van der Waals surface area contributed by atoms with Crippen LogP contribution in [0.1, 0.15) is 30.1 Å². The van der Waals surface area contributed by atoms with Crippen LogP contribution in [0.4, 0.5) is 10.8 Å². The lowest BCUT2D eigenvalue weighted by atomic mass is 10.1. The number of urea groups is 1. The van der Waals surface area contributed by atoms with E-state index in [-0.39, 0.29) is 18.1 Å². The highest BCUT2D eigenvalue weighted by Crippen LogP contribution is 2.26. The van der Waals surface area contributed by atoms with E-state index in [1.165, 1.54) is 0 Å². The van der Waals surface area contributed by atoms with Crippen molar-refractivity contribution in [3.8, 4) is 0 Å². The predicted octanol–water partition coefficient (Wildman–Crippen LogP) is 2.70. The highest BCUT2D eigenvalue weighted by atomic mass is 16.4.